The van der Waals surface area contributed by atoms with E-state index < -0.39 is 0 Å². The highest BCUT2D eigenvalue weighted by Gasteiger charge is 2.13. The summed E-state index contributed by atoms with van der Waals surface area (Å²) in [4.78, 5) is 12.3. The number of nitrogens with zero attached hydrogens (tertiary/aromatic N) is 2. The molecule has 2 aromatic carbocycles. The molecule has 1 aromatic heterocycles. The van der Waals surface area contributed by atoms with Crippen molar-refractivity contribution >= 4 is 45.9 Å². The van der Waals surface area contributed by atoms with E-state index in [1.807, 2.05) is 58.0 Å². The zero-order chi connectivity index (χ0) is 21.0. The van der Waals surface area contributed by atoms with Crippen LogP contribution in [0.3, 0.4) is 0 Å². The van der Waals surface area contributed by atoms with Gasteiger partial charge in [-0.15, -0.1) is 10.2 Å². The van der Waals surface area contributed by atoms with Gasteiger partial charge in [0.15, 0.2) is 6.61 Å². The molecule has 0 aliphatic rings. The van der Waals surface area contributed by atoms with Crippen LogP contribution in [-0.2, 0) is 11.4 Å². The number of rotatable bonds is 7. The minimum Gasteiger partial charge on any atom is -0.484 e. The van der Waals surface area contributed by atoms with E-state index in [1.165, 1.54) is 11.8 Å². The van der Waals surface area contributed by atoms with E-state index in [0.29, 0.717) is 11.1 Å². The summed E-state index contributed by atoms with van der Waals surface area (Å²) in [5.41, 5.74) is 5.17. The molecule has 3 aromatic rings. The summed E-state index contributed by atoms with van der Waals surface area (Å²) in [5, 5.41) is 11.3. The third-order valence-electron chi connectivity index (χ3n) is 4.44. The van der Waals surface area contributed by atoms with Crippen LogP contribution in [0.1, 0.15) is 28.1 Å². The van der Waals surface area contributed by atoms with Crippen molar-refractivity contribution in [3.63, 3.8) is 0 Å². The molecule has 0 unspecified atom stereocenters. The molecule has 0 spiro atoms. The monoisotopic (exact) mass is 523 g/mol. The molecule has 0 saturated carbocycles. The van der Waals surface area contributed by atoms with E-state index in [9.17, 15) is 4.79 Å². The van der Waals surface area contributed by atoms with E-state index in [2.05, 4.69) is 38.1 Å². The highest BCUT2D eigenvalue weighted by molar-refractivity contribution is 14.1. The van der Waals surface area contributed by atoms with Crippen molar-refractivity contribution in [1.82, 2.24) is 10.2 Å². The van der Waals surface area contributed by atoms with Crippen LogP contribution in [-0.4, -0.2) is 21.9 Å². The number of ether oxygens (including phenoxy) is 1. The summed E-state index contributed by atoms with van der Waals surface area (Å²) in [6, 6.07) is 9.97. The van der Waals surface area contributed by atoms with Crippen molar-refractivity contribution in [2.45, 2.75) is 39.5 Å². The summed E-state index contributed by atoms with van der Waals surface area (Å²) in [5.74, 6) is 1.23. The summed E-state index contributed by atoms with van der Waals surface area (Å²) >= 11 is 3.47. The van der Waals surface area contributed by atoms with Gasteiger partial charge >= 0.3 is 0 Å². The van der Waals surface area contributed by atoms with Crippen LogP contribution < -0.4 is 10.1 Å². The van der Waals surface area contributed by atoms with Gasteiger partial charge in [0.05, 0.1) is 5.75 Å². The SMILES string of the molecule is Cc1cccc(OCc2nnc(SCC(=O)Nc3c(C)cc(I)cc3C)o2)c1C. The Hall–Kier alpha value is -2.07. The van der Waals surface area contributed by atoms with E-state index in [1.54, 1.807) is 0 Å². The molecule has 1 N–H and O–H groups in total. The van der Waals surface area contributed by atoms with Crippen molar-refractivity contribution in [2.75, 3.05) is 11.1 Å². The second-order valence-corrected chi connectivity index (χ2v) is 8.87. The largest absolute Gasteiger partial charge is 0.484 e. The van der Waals surface area contributed by atoms with Crippen LogP contribution >= 0.6 is 34.4 Å². The number of carbonyl (C=O) groups is 1. The first-order valence-corrected chi connectivity index (χ1v) is 11.1. The molecule has 29 heavy (non-hydrogen) atoms. The maximum atomic E-state index is 12.3. The van der Waals surface area contributed by atoms with Crippen LogP contribution in [0.15, 0.2) is 40.0 Å². The van der Waals surface area contributed by atoms with Gasteiger partial charge in [-0.25, -0.2) is 0 Å². The highest BCUT2D eigenvalue weighted by atomic mass is 127. The summed E-state index contributed by atoms with van der Waals surface area (Å²) in [6.07, 6.45) is 0. The molecule has 0 bridgehead atoms. The highest BCUT2D eigenvalue weighted by Crippen LogP contribution is 2.25. The van der Waals surface area contributed by atoms with Crippen molar-refractivity contribution in [2.24, 2.45) is 0 Å². The van der Waals surface area contributed by atoms with E-state index in [4.69, 9.17) is 9.15 Å². The van der Waals surface area contributed by atoms with Gasteiger partial charge in [-0.1, -0.05) is 23.9 Å². The fourth-order valence-electron chi connectivity index (χ4n) is 2.79. The lowest BCUT2D eigenvalue weighted by Gasteiger charge is -2.11. The van der Waals surface area contributed by atoms with Crippen LogP contribution in [0, 0.1) is 31.3 Å². The molecule has 6 nitrogen and oxygen atoms in total. The Morgan fingerprint density at radius 2 is 1.86 bits per heavy atom. The Morgan fingerprint density at radius 3 is 2.59 bits per heavy atom. The van der Waals surface area contributed by atoms with Gasteiger partial charge in [0.1, 0.15) is 5.75 Å². The van der Waals surface area contributed by atoms with E-state index in [0.717, 1.165) is 37.3 Å². The van der Waals surface area contributed by atoms with Gasteiger partial charge in [0.25, 0.3) is 11.1 Å². The molecular formula is C21H22IN3O3S. The number of amides is 1. The maximum absolute atomic E-state index is 12.3. The number of anilines is 1. The topological polar surface area (TPSA) is 77.2 Å². The normalized spacial score (nSPS) is 10.8. The lowest BCUT2D eigenvalue weighted by atomic mass is 10.1. The van der Waals surface area contributed by atoms with Crippen molar-refractivity contribution in [3.8, 4) is 5.75 Å². The van der Waals surface area contributed by atoms with Crippen molar-refractivity contribution < 1.29 is 13.9 Å². The molecular weight excluding hydrogens is 501 g/mol. The van der Waals surface area contributed by atoms with Gasteiger partial charge in [-0.05, 0) is 90.7 Å². The van der Waals surface area contributed by atoms with Crippen LogP contribution in [0.25, 0.3) is 0 Å². The molecule has 0 atom stereocenters. The van der Waals surface area contributed by atoms with E-state index in [-0.39, 0.29) is 18.3 Å². The first-order valence-electron chi connectivity index (χ1n) is 9.04. The maximum Gasteiger partial charge on any atom is 0.277 e. The minimum atomic E-state index is -0.117. The minimum absolute atomic E-state index is 0.117. The van der Waals surface area contributed by atoms with Crippen LogP contribution in [0.2, 0.25) is 0 Å². The Morgan fingerprint density at radius 1 is 1.14 bits per heavy atom. The quantitative estimate of drug-likeness (QED) is 0.338. The molecule has 1 heterocycles. The van der Waals surface area contributed by atoms with E-state index >= 15 is 0 Å². The number of thioether (sulfide) groups is 1. The standard InChI is InChI=1S/C21H22IN3O3S/c1-12-6-5-7-17(15(12)4)27-10-19-24-25-21(28-19)29-11-18(26)23-20-13(2)8-16(22)9-14(20)3/h5-9H,10-11H2,1-4H3,(H,23,26). The Bertz CT molecular complexity index is 1010. The Labute approximate surface area is 188 Å². The first-order chi connectivity index (χ1) is 13.8. The third-order valence-corrected chi connectivity index (χ3v) is 5.88. The average molecular weight is 523 g/mol. The summed E-state index contributed by atoms with van der Waals surface area (Å²) < 4.78 is 12.5. The summed E-state index contributed by atoms with van der Waals surface area (Å²) in [6.45, 7) is 8.20. The molecule has 0 saturated heterocycles. The number of carbonyl (C=O) groups excluding carboxylic acids is 1. The molecule has 0 aliphatic carbocycles. The average Bonchev–Trinajstić information content (AvgIpc) is 3.12. The molecule has 0 radical (unpaired) electrons. The number of halogens is 1. The fourth-order valence-corrected chi connectivity index (χ4v) is 4.30. The van der Waals surface area contributed by atoms with Crippen LogP contribution in [0.4, 0.5) is 5.69 Å². The molecule has 3 rings (SSSR count). The first kappa shape index (κ1) is 21.6. The van der Waals surface area contributed by atoms with Gasteiger partial charge in [-0.2, -0.15) is 0 Å². The lowest BCUT2D eigenvalue weighted by Crippen LogP contribution is -2.16. The summed E-state index contributed by atoms with van der Waals surface area (Å²) in [7, 11) is 0. The molecule has 8 heteroatoms. The lowest BCUT2D eigenvalue weighted by molar-refractivity contribution is -0.113. The number of hydrogen-bond donors (Lipinski definition) is 1. The van der Waals surface area contributed by atoms with Gasteiger partial charge < -0.3 is 14.5 Å². The number of benzene rings is 2. The predicted octanol–water partition coefficient (Wildman–Crippen LogP) is 5.22. The predicted molar refractivity (Wildman–Crippen MR) is 123 cm³/mol. The molecule has 1 amide bonds. The molecule has 0 aliphatic heterocycles. The molecule has 0 fully saturated rings. The number of hydrogen-bond acceptors (Lipinski definition) is 6. The second kappa shape index (κ2) is 9.62. The Balaban J connectivity index is 1.53. The van der Waals surface area contributed by atoms with Crippen molar-refractivity contribution in [1.29, 1.82) is 0 Å². The second-order valence-electron chi connectivity index (χ2n) is 6.70. The Kier molecular flexibility index (Phi) is 7.18. The van der Waals surface area contributed by atoms with Crippen LogP contribution in [0.5, 0.6) is 5.75 Å². The number of aryl methyl sites for hydroxylation is 3. The zero-order valence-corrected chi connectivity index (χ0v) is 19.7. The fraction of sp³-hybridized carbons (Fsp3) is 0.286. The van der Waals surface area contributed by atoms with Gasteiger partial charge in [0, 0.05) is 9.26 Å². The number of nitrogens with one attached hydrogen (secondary N) is 1. The van der Waals surface area contributed by atoms with Gasteiger partial charge in [0.2, 0.25) is 5.91 Å². The smallest absolute Gasteiger partial charge is 0.277 e. The van der Waals surface area contributed by atoms with Gasteiger partial charge in [-0.3, -0.25) is 4.79 Å². The zero-order valence-electron chi connectivity index (χ0n) is 16.7. The molecule has 152 valence electrons. The number of aromatic nitrogens is 2. The third kappa shape index (κ3) is 5.72. The van der Waals surface area contributed by atoms with Crippen molar-refractivity contribution in [3.05, 3.63) is 62.0 Å².